The first-order valence-electron chi connectivity index (χ1n) is 25.6. The summed E-state index contributed by atoms with van der Waals surface area (Å²) in [5.74, 6) is -5.33. The van der Waals surface area contributed by atoms with E-state index in [9.17, 15) is 50.2 Å². The maximum Gasteiger partial charge on any atom is 0.430 e. The molecule has 416 valence electrons. The Kier molecular flexibility index (Phi) is 20.9. The lowest BCUT2D eigenvalue weighted by molar-refractivity contribution is -0.786. The Balaban J connectivity index is 0.00000128. The number of amides is 2. The number of aliphatic hydroxyl groups excluding tert-OH is 2. The summed E-state index contributed by atoms with van der Waals surface area (Å²) in [5, 5.41) is 38.2. The average molecular weight is 1100 g/mol. The molecule has 0 spiro atoms. The van der Waals surface area contributed by atoms with Gasteiger partial charge >= 0.3 is 6.18 Å². The highest BCUT2D eigenvalue weighted by molar-refractivity contribution is 7.91. The monoisotopic (exact) mass is 1090 g/mol. The fourth-order valence-corrected chi connectivity index (χ4v) is 12.2. The highest BCUT2D eigenvalue weighted by atomic mass is 32.2. The fourth-order valence-electron chi connectivity index (χ4n) is 9.92. The van der Waals surface area contributed by atoms with E-state index in [2.05, 4.69) is 17.6 Å². The molecule has 77 heavy (non-hydrogen) atoms. The number of nitrogens with one attached hydrogen (secondary N) is 3. The molecular weight excluding hydrogens is 1030 g/mol. The summed E-state index contributed by atoms with van der Waals surface area (Å²) in [7, 11) is 0.306. The summed E-state index contributed by atoms with van der Waals surface area (Å²) in [6, 6.07) is 31.9. The van der Waals surface area contributed by atoms with Gasteiger partial charge in [-0.25, -0.2) is 17.2 Å². The van der Waals surface area contributed by atoms with Crippen molar-refractivity contribution in [2.24, 2.45) is 11.3 Å². The Labute approximate surface area is 446 Å². The molecule has 0 aromatic heterocycles. The third kappa shape index (κ3) is 15.5. The molecule has 0 saturated carbocycles. The Bertz CT molecular complexity index is 2880. The number of nitrogens with zero attached hydrogens (tertiary/aromatic N) is 1. The number of anilines is 2. The van der Waals surface area contributed by atoms with Gasteiger partial charge in [0.1, 0.15) is 29.9 Å². The number of benzene rings is 5. The van der Waals surface area contributed by atoms with E-state index in [1.165, 1.54) is 36.4 Å². The molecule has 1 saturated heterocycles. The van der Waals surface area contributed by atoms with Gasteiger partial charge in [0.05, 0.1) is 68.7 Å². The van der Waals surface area contributed by atoms with E-state index in [1.807, 2.05) is 81.7 Å². The predicted molar refractivity (Wildman–Crippen MR) is 278 cm³/mol. The molecule has 0 aliphatic carbocycles. The first-order chi connectivity index (χ1) is 36.6. The van der Waals surface area contributed by atoms with Gasteiger partial charge in [-0.15, -0.1) is 0 Å². The van der Waals surface area contributed by atoms with Crippen LogP contribution in [-0.4, -0.2) is 102 Å². The number of aliphatic carboxylic acids is 1. The molecule has 14 nitrogen and oxygen atoms in total. The highest BCUT2D eigenvalue weighted by Crippen LogP contribution is 2.50. The van der Waals surface area contributed by atoms with Gasteiger partial charge in [0.2, 0.25) is 11.8 Å². The van der Waals surface area contributed by atoms with Crippen LogP contribution in [0.25, 0.3) is 0 Å². The molecule has 5 N–H and O–H groups in total. The van der Waals surface area contributed by atoms with Crippen LogP contribution < -0.4 is 25.5 Å². The number of rotatable bonds is 23. The topological polar surface area (TPSA) is 199 Å². The van der Waals surface area contributed by atoms with Crippen molar-refractivity contribution < 1.29 is 74.4 Å². The number of carboxylic acids is 1. The minimum Gasteiger partial charge on any atom is -0.542 e. The van der Waals surface area contributed by atoms with E-state index in [0.29, 0.717) is 60.5 Å². The smallest absolute Gasteiger partial charge is 0.430 e. The number of carbonyl (C=O) groups is 3. The molecule has 5 aromatic rings. The quantitative estimate of drug-likeness (QED) is 0.0260. The molecule has 0 bridgehead atoms. The van der Waals surface area contributed by atoms with Crippen LogP contribution in [0.3, 0.4) is 0 Å². The first-order valence-corrected chi connectivity index (χ1v) is 27.2. The number of fused-ring (bicyclic) bond motifs is 1. The van der Waals surface area contributed by atoms with Crippen LogP contribution in [-0.2, 0) is 40.2 Å². The zero-order valence-electron chi connectivity index (χ0n) is 43.5. The number of sulfone groups is 1. The summed E-state index contributed by atoms with van der Waals surface area (Å²) >= 11 is 0. The molecule has 20 heteroatoms. The summed E-state index contributed by atoms with van der Waals surface area (Å²) in [6.07, 6.45) is -3.44. The molecule has 7 rings (SSSR count). The van der Waals surface area contributed by atoms with E-state index in [-0.39, 0.29) is 50.0 Å². The number of carbonyl (C=O) groups excluding carboxylic acids is 3. The molecule has 0 radical (unpaired) electrons. The molecule has 2 amide bonds. The fraction of sp³-hybridized carbons (Fsp3) is 0.421. The Morgan fingerprint density at radius 1 is 0.883 bits per heavy atom. The van der Waals surface area contributed by atoms with Crippen molar-refractivity contribution in [3.8, 4) is 0 Å². The number of alkyl halides is 3. The standard InChI is InChI=1S/C55H66F2N4O8S.C2HF3O2/c1-5-7-27-55(6-2)36-70(66,67)49-26-23-45(60(3)4)33-47(49)51(53(55)64)40-9-8-10-43(32-40)58-28-29-68-30-31-69-35-50(63)59-34-37-11-13-39(14-12-37)52-46(24-25-48(62)38-15-17-41(56)18-16-38)54(65)61(52)44-21-19-42(57)20-22-44;3-2(4,5)1(6)7/h8-23,26,32-33,46,48,51-53,58,62,64H,5-7,24-25,27-31,34-36H2,1-4H3,(H,59,63);(H,6,7). The lowest BCUT2D eigenvalue weighted by Gasteiger charge is -2.48. The molecule has 6 atom stereocenters. The van der Waals surface area contributed by atoms with Crippen molar-refractivity contribution in [2.45, 2.75) is 94.2 Å². The number of hydrogen-bond donors (Lipinski definition) is 5. The molecule has 2 heterocycles. The van der Waals surface area contributed by atoms with Crippen molar-refractivity contribution in [1.29, 1.82) is 0 Å². The second kappa shape index (κ2) is 26.9. The van der Waals surface area contributed by atoms with Gasteiger partial charge in [0, 0.05) is 47.9 Å². The zero-order valence-corrected chi connectivity index (χ0v) is 44.3. The number of quaternary nitrogens is 1. The van der Waals surface area contributed by atoms with Crippen LogP contribution in [0, 0.1) is 23.0 Å². The Morgan fingerprint density at radius 2 is 1.53 bits per heavy atom. The number of carboxylic acid groups (broad SMARTS) is 1. The van der Waals surface area contributed by atoms with Crippen molar-refractivity contribution in [1.82, 2.24) is 5.32 Å². The van der Waals surface area contributed by atoms with Gasteiger partial charge in [0.15, 0.2) is 9.84 Å². The van der Waals surface area contributed by atoms with Crippen molar-refractivity contribution in [3.63, 3.8) is 0 Å². The molecule has 5 aromatic carbocycles. The van der Waals surface area contributed by atoms with Crippen LogP contribution >= 0.6 is 0 Å². The van der Waals surface area contributed by atoms with E-state index >= 15 is 0 Å². The number of hydrogen-bond acceptors (Lipinski definition) is 11. The highest BCUT2D eigenvalue weighted by Gasteiger charge is 2.50. The Hall–Kier alpha value is -6.29. The lowest BCUT2D eigenvalue weighted by atomic mass is 9.69. The van der Waals surface area contributed by atoms with Gasteiger partial charge in [-0.2, -0.15) is 13.2 Å². The zero-order chi connectivity index (χ0) is 56.1. The van der Waals surface area contributed by atoms with E-state index in [0.717, 1.165) is 45.8 Å². The third-order valence-corrected chi connectivity index (χ3v) is 16.2. The van der Waals surface area contributed by atoms with Gasteiger partial charge in [-0.1, -0.05) is 75.2 Å². The largest absolute Gasteiger partial charge is 0.542 e. The van der Waals surface area contributed by atoms with Crippen molar-refractivity contribution in [3.05, 3.63) is 155 Å². The molecule has 1 fully saturated rings. The average Bonchev–Trinajstić information content (AvgIpc) is 3.60. The van der Waals surface area contributed by atoms with Crippen molar-refractivity contribution in [2.75, 3.05) is 63.0 Å². The summed E-state index contributed by atoms with van der Waals surface area (Å²) in [6.45, 7) is 5.49. The summed E-state index contributed by atoms with van der Waals surface area (Å²) in [4.78, 5) is 37.9. The van der Waals surface area contributed by atoms with Gasteiger partial charge in [-0.3, -0.25) is 9.59 Å². The minimum absolute atomic E-state index is 0.0964. The Morgan fingerprint density at radius 3 is 2.16 bits per heavy atom. The van der Waals surface area contributed by atoms with Crippen LogP contribution in [0.4, 0.5) is 39.0 Å². The molecular formula is C57H67F5N4O10S. The van der Waals surface area contributed by atoms with Crippen molar-refractivity contribution >= 4 is 44.7 Å². The van der Waals surface area contributed by atoms with Gasteiger partial charge in [-0.05, 0) is 108 Å². The normalized spacial score (nSPS) is 20.3. The maximum atomic E-state index is 14.0. The van der Waals surface area contributed by atoms with E-state index < -0.39 is 63.1 Å². The van der Waals surface area contributed by atoms with E-state index in [1.54, 1.807) is 23.1 Å². The second-order valence-electron chi connectivity index (χ2n) is 19.7. The first kappa shape index (κ1) is 59.9. The number of halogens is 5. The summed E-state index contributed by atoms with van der Waals surface area (Å²) in [5.41, 5.74) is 5.25. The number of β-lactam (4-membered cyclic amide) rings is 1. The number of ether oxygens (including phenoxy) is 2. The number of unbranched alkanes of at least 4 members (excludes halogenated alkanes) is 1. The molecule has 2 aliphatic heterocycles. The van der Waals surface area contributed by atoms with Crippen LogP contribution in [0.5, 0.6) is 0 Å². The van der Waals surface area contributed by atoms with Crippen LogP contribution in [0.15, 0.2) is 120 Å². The second-order valence-corrected chi connectivity index (χ2v) is 21.6. The van der Waals surface area contributed by atoms with Crippen LogP contribution in [0.1, 0.15) is 98.3 Å². The van der Waals surface area contributed by atoms with E-state index in [4.69, 9.17) is 19.4 Å². The SMILES string of the molecule is CCCCC1(CC)CS(=O)(=O)c2ccc([NH+](C)C)cc2C(c2cccc(NCCOCCOCC(=O)NCc3ccc(C4C(CCC(O)c5ccc(F)cc5)C(=O)N4c4ccc(F)cc4)cc3)c2)C1O.O=C([O-])C(F)(F)F. The molecule has 2 aliphatic rings. The lowest BCUT2D eigenvalue weighted by Crippen LogP contribution is -3.00. The third-order valence-electron chi connectivity index (χ3n) is 14.2. The number of aliphatic hydroxyl groups is 2. The predicted octanol–water partition coefficient (Wildman–Crippen LogP) is 6.89. The maximum absolute atomic E-state index is 14.0. The molecule has 6 unspecified atom stereocenters. The minimum atomic E-state index is -5.19. The summed E-state index contributed by atoms with van der Waals surface area (Å²) < 4.78 is 98.2. The van der Waals surface area contributed by atoms with Gasteiger partial charge in [0.25, 0.3) is 0 Å². The van der Waals surface area contributed by atoms with Crippen LogP contribution in [0.2, 0.25) is 0 Å². The van der Waals surface area contributed by atoms with Gasteiger partial charge < -0.3 is 50.0 Å².